The van der Waals surface area contributed by atoms with Gasteiger partial charge >= 0.3 is 0 Å². The first-order valence-electron chi connectivity index (χ1n) is 6.49. The van der Waals surface area contributed by atoms with E-state index in [4.69, 9.17) is 0 Å². The topological polar surface area (TPSA) is 43.1 Å². The van der Waals surface area contributed by atoms with Gasteiger partial charge in [0.2, 0.25) is 4.96 Å². The molecule has 4 aromatic rings. The van der Waals surface area contributed by atoms with Crippen LogP contribution >= 0.6 is 22.7 Å². The van der Waals surface area contributed by atoms with Crippen LogP contribution in [0.1, 0.15) is 10.6 Å². The van der Waals surface area contributed by atoms with Crippen LogP contribution in [-0.2, 0) is 0 Å². The highest BCUT2D eigenvalue weighted by Crippen LogP contribution is 2.25. The van der Waals surface area contributed by atoms with Crippen LogP contribution in [0.5, 0.6) is 0 Å². The van der Waals surface area contributed by atoms with Crippen molar-refractivity contribution in [1.82, 2.24) is 19.8 Å². The molecule has 0 radical (unpaired) electrons. The van der Waals surface area contributed by atoms with E-state index in [1.165, 1.54) is 23.5 Å². The molecule has 0 aliphatic heterocycles. The first-order valence-corrected chi connectivity index (χ1v) is 8.19. The highest BCUT2D eigenvalue weighted by Gasteiger charge is 2.12. The number of thiophene rings is 1. The predicted molar refractivity (Wildman–Crippen MR) is 87.3 cm³/mol. The van der Waals surface area contributed by atoms with Gasteiger partial charge in [0, 0.05) is 0 Å². The maximum Gasteiger partial charge on any atom is 0.235 e. The highest BCUT2D eigenvalue weighted by atomic mass is 32.1. The minimum Gasteiger partial charge on any atom is -0.207 e. The highest BCUT2D eigenvalue weighted by molar-refractivity contribution is 7.17. The van der Waals surface area contributed by atoms with Gasteiger partial charge in [0.05, 0.1) is 4.88 Å². The molecule has 1 aromatic carbocycles. The maximum absolute atomic E-state index is 12.9. The molecule has 0 spiro atoms. The van der Waals surface area contributed by atoms with Crippen LogP contribution in [0.15, 0.2) is 41.8 Å². The molecule has 4 nitrogen and oxygen atoms in total. The molecule has 108 valence electrons. The molecule has 0 fully saturated rings. The maximum atomic E-state index is 12.9. The van der Waals surface area contributed by atoms with Crippen LogP contribution in [-0.4, -0.2) is 19.8 Å². The van der Waals surface area contributed by atoms with Crippen molar-refractivity contribution >= 4 is 39.8 Å². The van der Waals surface area contributed by atoms with Gasteiger partial charge in [-0.25, -0.2) is 4.39 Å². The monoisotopic (exact) mass is 328 g/mol. The Morgan fingerprint density at radius 3 is 2.68 bits per heavy atom. The molecule has 0 saturated carbocycles. The van der Waals surface area contributed by atoms with E-state index in [1.807, 2.05) is 29.7 Å². The average Bonchev–Trinajstić information content (AvgIpc) is 3.22. The zero-order valence-corrected chi connectivity index (χ0v) is 12.8. The van der Waals surface area contributed by atoms with Crippen molar-refractivity contribution in [2.24, 2.45) is 0 Å². The van der Waals surface area contributed by atoms with Crippen molar-refractivity contribution in [2.45, 2.75) is 0 Å². The molecule has 0 bridgehead atoms. The zero-order chi connectivity index (χ0) is 14.9. The molecular weight excluding hydrogens is 319 g/mol. The Morgan fingerprint density at radius 1 is 1.05 bits per heavy atom. The van der Waals surface area contributed by atoms with E-state index in [0.717, 1.165) is 26.2 Å². The Labute approximate surface area is 133 Å². The fourth-order valence-electron chi connectivity index (χ4n) is 2.00. The Morgan fingerprint density at radius 2 is 1.91 bits per heavy atom. The number of halogens is 1. The number of benzene rings is 1. The van der Waals surface area contributed by atoms with Gasteiger partial charge in [-0.1, -0.05) is 35.6 Å². The number of fused-ring (bicyclic) bond motifs is 1. The summed E-state index contributed by atoms with van der Waals surface area (Å²) in [6.45, 7) is 0. The average molecular weight is 328 g/mol. The SMILES string of the molecule is Fc1ccc(/C=C/c2nn3c(-c4cccs4)nnc3s2)cc1. The molecule has 0 atom stereocenters. The standard InChI is InChI=1S/C15H9FN4S2/c16-11-6-3-10(4-7-11)5-8-13-19-20-14(12-2-1-9-21-12)17-18-15(20)22-13/h1-9H/b8-5+. The molecule has 0 amide bonds. The Kier molecular flexibility index (Phi) is 3.28. The van der Waals surface area contributed by atoms with Gasteiger partial charge in [0.1, 0.15) is 10.8 Å². The summed E-state index contributed by atoms with van der Waals surface area (Å²) in [6, 6.07) is 10.3. The zero-order valence-electron chi connectivity index (χ0n) is 11.2. The van der Waals surface area contributed by atoms with Gasteiger partial charge in [-0.3, -0.25) is 0 Å². The Hall–Kier alpha value is -2.38. The second-order valence-corrected chi connectivity index (χ2v) is 6.46. The molecule has 0 saturated heterocycles. The lowest BCUT2D eigenvalue weighted by Gasteiger charge is -1.92. The Bertz CT molecular complexity index is 936. The third-order valence-electron chi connectivity index (χ3n) is 3.04. The smallest absolute Gasteiger partial charge is 0.207 e. The normalized spacial score (nSPS) is 11.7. The summed E-state index contributed by atoms with van der Waals surface area (Å²) < 4.78 is 14.6. The minimum absolute atomic E-state index is 0.239. The second kappa shape index (κ2) is 5.43. The lowest BCUT2D eigenvalue weighted by molar-refractivity contribution is 0.628. The fourth-order valence-corrected chi connectivity index (χ4v) is 3.43. The first-order chi connectivity index (χ1) is 10.8. The number of aromatic nitrogens is 4. The van der Waals surface area contributed by atoms with Crippen LogP contribution in [0, 0.1) is 5.82 Å². The van der Waals surface area contributed by atoms with Crippen LogP contribution in [0.25, 0.3) is 27.8 Å². The molecular formula is C15H9FN4S2. The summed E-state index contributed by atoms with van der Waals surface area (Å²) in [5, 5.41) is 15.7. The molecule has 0 N–H and O–H groups in total. The van der Waals surface area contributed by atoms with E-state index in [0.29, 0.717) is 0 Å². The van der Waals surface area contributed by atoms with Gasteiger partial charge in [-0.05, 0) is 35.2 Å². The van der Waals surface area contributed by atoms with Gasteiger partial charge < -0.3 is 0 Å². The predicted octanol–water partition coefficient (Wildman–Crippen LogP) is 4.22. The fraction of sp³-hybridized carbons (Fsp3) is 0. The largest absolute Gasteiger partial charge is 0.235 e. The third kappa shape index (κ3) is 2.44. The summed E-state index contributed by atoms with van der Waals surface area (Å²) in [7, 11) is 0. The van der Waals surface area contributed by atoms with Crippen molar-refractivity contribution in [3.8, 4) is 10.7 Å². The van der Waals surface area contributed by atoms with Crippen LogP contribution in [0.2, 0.25) is 0 Å². The van der Waals surface area contributed by atoms with Crippen LogP contribution in [0.3, 0.4) is 0 Å². The lowest BCUT2D eigenvalue weighted by atomic mass is 10.2. The van der Waals surface area contributed by atoms with E-state index in [1.54, 1.807) is 28.0 Å². The number of rotatable bonds is 3. The lowest BCUT2D eigenvalue weighted by Crippen LogP contribution is -1.88. The molecule has 22 heavy (non-hydrogen) atoms. The number of hydrogen-bond donors (Lipinski definition) is 0. The molecule has 3 aromatic heterocycles. The third-order valence-corrected chi connectivity index (χ3v) is 4.77. The molecule has 0 aliphatic carbocycles. The van der Waals surface area contributed by atoms with E-state index in [-0.39, 0.29) is 5.82 Å². The first kappa shape index (κ1) is 13.3. The summed E-state index contributed by atoms with van der Waals surface area (Å²) in [4.78, 5) is 1.79. The molecule has 0 unspecified atom stereocenters. The molecule has 4 rings (SSSR count). The van der Waals surface area contributed by atoms with Gasteiger partial charge in [-0.15, -0.1) is 21.5 Å². The summed E-state index contributed by atoms with van der Waals surface area (Å²) in [5.74, 6) is 0.513. The Balaban J connectivity index is 1.67. The van der Waals surface area contributed by atoms with Crippen molar-refractivity contribution in [1.29, 1.82) is 0 Å². The molecule has 7 heteroatoms. The summed E-state index contributed by atoms with van der Waals surface area (Å²) in [5.41, 5.74) is 0.922. The van der Waals surface area contributed by atoms with Crippen LogP contribution in [0.4, 0.5) is 4.39 Å². The summed E-state index contributed by atoms with van der Waals surface area (Å²) in [6.07, 6.45) is 3.79. The van der Waals surface area contributed by atoms with Crippen molar-refractivity contribution < 1.29 is 4.39 Å². The van der Waals surface area contributed by atoms with Gasteiger partial charge in [0.25, 0.3) is 0 Å². The van der Waals surface area contributed by atoms with Crippen molar-refractivity contribution in [2.75, 3.05) is 0 Å². The van der Waals surface area contributed by atoms with Crippen LogP contribution < -0.4 is 0 Å². The van der Waals surface area contributed by atoms with Gasteiger partial charge in [0.15, 0.2) is 5.82 Å². The van der Waals surface area contributed by atoms with E-state index >= 15 is 0 Å². The van der Waals surface area contributed by atoms with E-state index < -0.39 is 0 Å². The van der Waals surface area contributed by atoms with E-state index in [9.17, 15) is 4.39 Å². The number of hydrogen-bond acceptors (Lipinski definition) is 5. The number of nitrogens with zero attached hydrogens (tertiary/aromatic N) is 4. The molecule has 3 heterocycles. The van der Waals surface area contributed by atoms with Gasteiger partial charge in [-0.2, -0.15) is 9.61 Å². The quantitative estimate of drug-likeness (QED) is 0.565. The minimum atomic E-state index is -0.239. The summed E-state index contributed by atoms with van der Waals surface area (Å²) >= 11 is 3.06. The van der Waals surface area contributed by atoms with E-state index in [2.05, 4.69) is 15.3 Å². The second-order valence-electron chi connectivity index (χ2n) is 4.52. The van der Waals surface area contributed by atoms with Crippen molar-refractivity contribution in [3.05, 3.63) is 58.2 Å². The molecule has 0 aliphatic rings. The van der Waals surface area contributed by atoms with Crippen molar-refractivity contribution in [3.63, 3.8) is 0 Å².